The summed E-state index contributed by atoms with van der Waals surface area (Å²) in [6.07, 6.45) is 3.52. The Morgan fingerprint density at radius 3 is 2.75 bits per heavy atom. The van der Waals surface area contributed by atoms with E-state index in [1.54, 1.807) is 0 Å². The number of aromatic amines is 1. The summed E-state index contributed by atoms with van der Waals surface area (Å²) in [5.74, 6) is 0.835. The molecule has 0 aromatic carbocycles. The molecule has 130 valence electrons. The molecule has 0 aliphatic carbocycles. The average molecular weight is 332 g/mol. The van der Waals surface area contributed by atoms with Crippen molar-refractivity contribution >= 4 is 5.91 Å². The van der Waals surface area contributed by atoms with Crippen LogP contribution in [0.2, 0.25) is 0 Å². The molecule has 0 unspecified atom stereocenters. The summed E-state index contributed by atoms with van der Waals surface area (Å²) in [7, 11) is 0. The topological polar surface area (TPSA) is 78.5 Å². The molecule has 0 bridgehead atoms. The van der Waals surface area contributed by atoms with Crippen LogP contribution in [0.1, 0.15) is 42.8 Å². The van der Waals surface area contributed by atoms with E-state index in [0.29, 0.717) is 25.0 Å². The Morgan fingerprint density at radius 2 is 2.04 bits per heavy atom. The number of hydrogen-bond acceptors (Lipinski definition) is 5. The molecule has 1 atom stereocenters. The number of H-pyrrole nitrogens is 1. The maximum absolute atomic E-state index is 12.4. The first-order valence-corrected chi connectivity index (χ1v) is 8.85. The van der Waals surface area contributed by atoms with E-state index in [1.165, 1.54) is 0 Å². The number of nitrogens with one attached hydrogen (secondary N) is 1. The molecule has 7 heteroatoms. The van der Waals surface area contributed by atoms with E-state index in [1.807, 2.05) is 11.8 Å². The summed E-state index contributed by atoms with van der Waals surface area (Å²) in [4.78, 5) is 36.0. The van der Waals surface area contributed by atoms with Gasteiger partial charge in [0.2, 0.25) is 0 Å². The van der Waals surface area contributed by atoms with Crippen LogP contribution in [0.5, 0.6) is 0 Å². The molecule has 1 amide bonds. The number of fused-ring (bicyclic) bond motifs is 1. The molecule has 3 aliphatic heterocycles. The van der Waals surface area contributed by atoms with Gasteiger partial charge in [0.15, 0.2) is 0 Å². The zero-order valence-electron chi connectivity index (χ0n) is 14.1. The van der Waals surface area contributed by atoms with Gasteiger partial charge in [-0.15, -0.1) is 0 Å². The van der Waals surface area contributed by atoms with Crippen molar-refractivity contribution < 1.29 is 9.53 Å². The van der Waals surface area contributed by atoms with Gasteiger partial charge in [0.1, 0.15) is 11.9 Å². The minimum Gasteiger partial charge on any atom is -0.368 e. The van der Waals surface area contributed by atoms with Crippen LogP contribution in [0.4, 0.5) is 0 Å². The maximum atomic E-state index is 12.4. The maximum Gasteiger partial charge on any atom is 0.255 e. The van der Waals surface area contributed by atoms with Crippen LogP contribution in [0.3, 0.4) is 0 Å². The number of hydrogen-bond donors (Lipinski definition) is 1. The number of aryl methyl sites for hydroxylation is 1. The second kappa shape index (κ2) is 6.29. The van der Waals surface area contributed by atoms with Gasteiger partial charge in [-0.25, -0.2) is 4.98 Å². The first kappa shape index (κ1) is 15.8. The highest BCUT2D eigenvalue weighted by atomic mass is 16.5. The molecule has 4 rings (SSSR count). The molecule has 1 aromatic rings. The van der Waals surface area contributed by atoms with Crippen LogP contribution in [-0.2, 0) is 22.6 Å². The lowest BCUT2D eigenvalue weighted by atomic mass is 10.0. The molecule has 1 aromatic heterocycles. The van der Waals surface area contributed by atoms with Crippen molar-refractivity contribution in [2.45, 2.75) is 57.8 Å². The number of carbonyl (C=O) groups excluding carboxylic acids is 1. The minimum atomic E-state index is -0.219. The van der Waals surface area contributed by atoms with E-state index < -0.39 is 0 Å². The lowest BCUT2D eigenvalue weighted by molar-refractivity contribution is -0.142. The molecule has 0 spiro atoms. The lowest BCUT2D eigenvalue weighted by Gasteiger charge is -2.37. The van der Waals surface area contributed by atoms with E-state index in [2.05, 4.69) is 14.9 Å². The van der Waals surface area contributed by atoms with Crippen LogP contribution in [-0.4, -0.2) is 57.5 Å². The molecular formula is C17H24N4O3. The molecule has 0 saturated carbocycles. The van der Waals surface area contributed by atoms with E-state index in [0.717, 1.165) is 56.6 Å². The summed E-state index contributed by atoms with van der Waals surface area (Å²) in [6.45, 7) is 5.49. The number of piperidine rings is 1. The first-order chi connectivity index (χ1) is 11.6. The van der Waals surface area contributed by atoms with E-state index in [9.17, 15) is 9.59 Å². The Hall–Kier alpha value is -1.73. The molecule has 4 heterocycles. The fourth-order valence-corrected chi connectivity index (χ4v) is 4.10. The molecule has 7 nitrogen and oxygen atoms in total. The van der Waals surface area contributed by atoms with Crippen molar-refractivity contribution in [1.29, 1.82) is 0 Å². The third kappa shape index (κ3) is 2.86. The van der Waals surface area contributed by atoms with Crippen molar-refractivity contribution in [3.8, 4) is 0 Å². The number of rotatable bonds is 2. The van der Waals surface area contributed by atoms with Gasteiger partial charge in [0.05, 0.1) is 11.3 Å². The number of nitrogens with zero attached hydrogens (tertiary/aromatic N) is 3. The largest absolute Gasteiger partial charge is 0.368 e. The van der Waals surface area contributed by atoms with Crippen LogP contribution >= 0.6 is 0 Å². The highest BCUT2D eigenvalue weighted by molar-refractivity contribution is 5.81. The van der Waals surface area contributed by atoms with Gasteiger partial charge in [-0.05, 0) is 32.6 Å². The van der Waals surface area contributed by atoms with Crippen molar-refractivity contribution in [1.82, 2.24) is 19.8 Å². The first-order valence-electron chi connectivity index (χ1n) is 8.85. The van der Waals surface area contributed by atoms with Crippen LogP contribution in [0, 0.1) is 6.92 Å². The van der Waals surface area contributed by atoms with Gasteiger partial charge in [-0.1, -0.05) is 0 Å². The van der Waals surface area contributed by atoms with Gasteiger partial charge in [0.25, 0.3) is 11.5 Å². The molecule has 2 fully saturated rings. The summed E-state index contributed by atoms with van der Waals surface area (Å²) < 4.78 is 5.51. The van der Waals surface area contributed by atoms with Gasteiger partial charge in [-0.3, -0.25) is 14.5 Å². The van der Waals surface area contributed by atoms with Gasteiger partial charge in [-0.2, -0.15) is 0 Å². The number of ether oxygens (including phenoxy) is 1. The molecule has 0 radical (unpaired) electrons. The van der Waals surface area contributed by atoms with Crippen LogP contribution < -0.4 is 5.56 Å². The van der Waals surface area contributed by atoms with Crippen LogP contribution in [0.15, 0.2) is 4.79 Å². The second-order valence-electron chi connectivity index (χ2n) is 7.04. The van der Waals surface area contributed by atoms with Crippen molar-refractivity contribution in [3.63, 3.8) is 0 Å². The Kier molecular flexibility index (Phi) is 4.14. The smallest absolute Gasteiger partial charge is 0.255 e. The Bertz CT molecular complexity index is 688. The van der Waals surface area contributed by atoms with Crippen molar-refractivity contribution in [3.05, 3.63) is 27.4 Å². The van der Waals surface area contributed by atoms with E-state index in [-0.39, 0.29) is 17.6 Å². The third-order valence-electron chi connectivity index (χ3n) is 5.43. The highest BCUT2D eigenvalue weighted by Gasteiger charge is 2.34. The van der Waals surface area contributed by atoms with Gasteiger partial charge in [0, 0.05) is 38.8 Å². The van der Waals surface area contributed by atoms with E-state index >= 15 is 0 Å². The average Bonchev–Trinajstić information content (AvgIpc) is 3.24. The summed E-state index contributed by atoms with van der Waals surface area (Å²) in [5, 5.41) is 0. The standard InChI is InChI=1S/C17H24N4O3/c1-11-18-14-10-21(9-13(14)16(22)19-11)12-4-6-20(7-5-12)17(23)15-3-2-8-24-15/h12,15H,2-10H2,1H3,(H,18,19,22)/t15-/m0/s1. The fourth-order valence-electron chi connectivity index (χ4n) is 4.10. The number of aromatic nitrogens is 2. The molecule has 2 saturated heterocycles. The predicted octanol–water partition coefficient (Wildman–Crippen LogP) is 0.564. The van der Waals surface area contributed by atoms with Gasteiger partial charge >= 0.3 is 0 Å². The minimum absolute atomic E-state index is 0.00834. The normalized spacial score (nSPS) is 25.2. The van der Waals surface area contributed by atoms with E-state index in [4.69, 9.17) is 4.74 Å². The number of amides is 1. The monoisotopic (exact) mass is 332 g/mol. The molecule has 1 N–H and O–H groups in total. The predicted molar refractivity (Wildman–Crippen MR) is 87.4 cm³/mol. The SMILES string of the molecule is Cc1nc2c(c(=O)[nH]1)CN(C1CCN(C(=O)[C@@H]3CCCO3)CC1)C2. The van der Waals surface area contributed by atoms with Crippen LogP contribution in [0.25, 0.3) is 0 Å². The summed E-state index contributed by atoms with van der Waals surface area (Å²) in [5.41, 5.74) is 1.71. The summed E-state index contributed by atoms with van der Waals surface area (Å²) in [6, 6.07) is 0.410. The second-order valence-corrected chi connectivity index (χ2v) is 7.04. The molecular weight excluding hydrogens is 308 g/mol. The molecule has 3 aliphatic rings. The number of carbonyl (C=O) groups is 1. The number of likely N-dealkylation sites (tertiary alicyclic amines) is 1. The summed E-state index contributed by atoms with van der Waals surface area (Å²) >= 11 is 0. The van der Waals surface area contributed by atoms with Gasteiger partial charge < -0.3 is 14.6 Å². The van der Waals surface area contributed by atoms with Crippen molar-refractivity contribution in [2.75, 3.05) is 19.7 Å². The fraction of sp³-hybridized carbons (Fsp3) is 0.706. The quantitative estimate of drug-likeness (QED) is 0.856. The Labute approximate surface area is 141 Å². The third-order valence-corrected chi connectivity index (χ3v) is 5.43. The van der Waals surface area contributed by atoms with Crippen molar-refractivity contribution in [2.24, 2.45) is 0 Å². The Morgan fingerprint density at radius 1 is 1.25 bits per heavy atom. The zero-order valence-corrected chi connectivity index (χ0v) is 14.1. The zero-order chi connectivity index (χ0) is 16.7. The Balaban J connectivity index is 1.36. The highest BCUT2D eigenvalue weighted by Crippen LogP contribution is 2.26. The lowest BCUT2D eigenvalue weighted by Crippen LogP contribution is -2.48. The molecule has 24 heavy (non-hydrogen) atoms.